The molecule has 134 valence electrons. The first-order valence-corrected chi connectivity index (χ1v) is 9.77. The van der Waals surface area contributed by atoms with Crippen LogP contribution in [0.1, 0.15) is 24.8 Å². The molecule has 2 fully saturated rings. The van der Waals surface area contributed by atoms with Crippen LogP contribution < -0.4 is 0 Å². The standard InChI is InChI=1S/C17H25NO5S/c1-13-3-5-15(6-4-13)24(21,22)23-11-16-14(10-19)9-17(12-20)7-2-8-18(16)17/h3-6,14,16,19-20H,2,7-12H2,1H3/t14-,16+,17+/m1/s1. The van der Waals surface area contributed by atoms with Crippen molar-refractivity contribution in [3.05, 3.63) is 29.8 Å². The third kappa shape index (κ3) is 3.11. The predicted octanol–water partition coefficient (Wildman–Crippen LogP) is 0.908. The van der Waals surface area contributed by atoms with Crippen molar-refractivity contribution in [3.63, 3.8) is 0 Å². The van der Waals surface area contributed by atoms with Crippen LogP contribution in [-0.2, 0) is 14.3 Å². The zero-order valence-electron chi connectivity index (χ0n) is 13.9. The van der Waals surface area contributed by atoms with Crippen LogP contribution in [-0.4, -0.2) is 61.5 Å². The van der Waals surface area contributed by atoms with Crippen LogP contribution in [0.5, 0.6) is 0 Å². The average molecular weight is 355 g/mol. The molecule has 0 saturated carbocycles. The summed E-state index contributed by atoms with van der Waals surface area (Å²) < 4.78 is 30.1. The maximum absolute atomic E-state index is 12.4. The highest BCUT2D eigenvalue weighted by Gasteiger charge is 2.53. The van der Waals surface area contributed by atoms with E-state index < -0.39 is 10.1 Å². The number of benzene rings is 1. The van der Waals surface area contributed by atoms with Gasteiger partial charge in [0.2, 0.25) is 0 Å². The van der Waals surface area contributed by atoms with Gasteiger partial charge in [-0.15, -0.1) is 0 Å². The number of hydrogen-bond acceptors (Lipinski definition) is 6. The van der Waals surface area contributed by atoms with Crippen LogP contribution in [0.4, 0.5) is 0 Å². The Bertz CT molecular complexity index is 675. The fourth-order valence-corrected chi connectivity index (χ4v) is 5.08. The second-order valence-corrected chi connectivity index (χ2v) is 8.56. The Morgan fingerprint density at radius 1 is 1.29 bits per heavy atom. The molecule has 2 saturated heterocycles. The summed E-state index contributed by atoms with van der Waals surface area (Å²) in [5.41, 5.74) is 0.657. The Labute approximate surface area is 143 Å². The van der Waals surface area contributed by atoms with E-state index in [0.29, 0.717) is 6.42 Å². The zero-order chi connectivity index (χ0) is 17.4. The number of nitrogens with zero attached hydrogens (tertiary/aromatic N) is 1. The molecular formula is C17H25NO5S. The van der Waals surface area contributed by atoms with Crippen LogP contribution in [0.2, 0.25) is 0 Å². The Hall–Kier alpha value is -0.990. The van der Waals surface area contributed by atoms with Gasteiger partial charge in [0.15, 0.2) is 0 Å². The normalized spacial score (nSPS) is 30.6. The number of hydrogen-bond donors (Lipinski definition) is 2. The highest BCUT2D eigenvalue weighted by molar-refractivity contribution is 7.86. The van der Waals surface area contributed by atoms with Crippen molar-refractivity contribution in [2.75, 3.05) is 26.4 Å². The van der Waals surface area contributed by atoms with Gasteiger partial charge < -0.3 is 10.2 Å². The quantitative estimate of drug-likeness (QED) is 0.738. The third-order valence-electron chi connectivity index (χ3n) is 5.47. The van der Waals surface area contributed by atoms with Gasteiger partial charge in [0.05, 0.1) is 18.1 Å². The number of aliphatic hydroxyl groups excluding tert-OH is 2. The molecule has 3 atom stereocenters. The molecule has 0 aliphatic carbocycles. The monoisotopic (exact) mass is 355 g/mol. The van der Waals surface area contributed by atoms with Crippen molar-refractivity contribution in [3.8, 4) is 0 Å². The molecule has 2 N–H and O–H groups in total. The van der Waals surface area contributed by atoms with E-state index >= 15 is 0 Å². The summed E-state index contributed by atoms with van der Waals surface area (Å²) in [5.74, 6) is -0.0781. The molecule has 1 aromatic carbocycles. The summed E-state index contributed by atoms with van der Waals surface area (Å²) in [5, 5.41) is 19.5. The van der Waals surface area contributed by atoms with E-state index in [9.17, 15) is 18.6 Å². The van der Waals surface area contributed by atoms with Gasteiger partial charge in [-0.2, -0.15) is 8.42 Å². The van der Waals surface area contributed by atoms with E-state index in [2.05, 4.69) is 4.90 Å². The van der Waals surface area contributed by atoms with Crippen molar-refractivity contribution in [2.24, 2.45) is 5.92 Å². The van der Waals surface area contributed by atoms with Gasteiger partial charge in [0, 0.05) is 24.1 Å². The summed E-state index contributed by atoms with van der Waals surface area (Å²) in [6, 6.07) is 6.36. The molecule has 0 bridgehead atoms. The summed E-state index contributed by atoms with van der Waals surface area (Å²) >= 11 is 0. The Kier molecular flexibility index (Phi) is 4.99. The molecule has 0 amide bonds. The van der Waals surface area contributed by atoms with Crippen molar-refractivity contribution in [1.29, 1.82) is 0 Å². The maximum atomic E-state index is 12.4. The lowest BCUT2D eigenvalue weighted by molar-refractivity contribution is 0.0588. The van der Waals surface area contributed by atoms with Crippen molar-refractivity contribution in [1.82, 2.24) is 4.90 Å². The average Bonchev–Trinajstić information content (AvgIpc) is 3.10. The van der Waals surface area contributed by atoms with E-state index in [1.807, 2.05) is 6.92 Å². The van der Waals surface area contributed by atoms with Crippen molar-refractivity contribution < 1.29 is 22.8 Å². The minimum atomic E-state index is -3.82. The van der Waals surface area contributed by atoms with Crippen LogP contribution in [0.25, 0.3) is 0 Å². The van der Waals surface area contributed by atoms with Gasteiger partial charge in [-0.25, -0.2) is 0 Å². The lowest BCUT2D eigenvalue weighted by Crippen LogP contribution is -2.47. The number of aryl methyl sites for hydroxylation is 1. The number of rotatable bonds is 6. The maximum Gasteiger partial charge on any atom is 0.297 e. The molecule has 24 heavy (non-hydrogen) atoms. The molecule has 6 nitrogen and oxygen atoms in total. The molecule has 3 rings (SSSR count). The molecule has 0 spiro atoms. The van der Waals surface area contributed by atoms with E-state index in [4.69, 9.17) is 4.18 Å². The number of fused-ring (bicyclic) bond motifs is 1. The smallest absolute Gasteiger partial charge is 0.297 e. The lowest BCUT2D eigenvalue weighted by atomic mass is 9.90. The fraction of sp³-hybridized carbons (Fsp3) is 0.647. The van der Waals surface area contributed by atoms with Crippen LogP contribution in [0.15, 0.2) is 29.2 Å². The minimum Gasteiger partial charge on any atom is -0.396 e. The Balaban J connectivity index is 1.74. The number of aliphatic hydroxyl groups is 2. The minimum absolute atomic E-state index is 0.00316. The molecule has 0 unspecified atom stereocenters. The lowest BCUT2D eigenvalue weighted by Gasteiger charge is -2.33. The molecule has 0 radical (unpaired) electrons. The first-order valence-electron chi connectivity index (χ1n) is 8.36. The Morgan fingerprint density at radius 2 is 2.00 bits per heavy atom. The van der Waals surface area contributed by atoms with Crippen LogP contribution >= 0.6 is 0 Å². The third-order valence-corrected chi connectivity index (χ3v) is 6.77. The fourth-order valence-electron chi connectivity index (χ4n) is 4.15. The van der Waals surface area contributed by atoms with Gasteiger partial charge in [-0.1, -0.05) is 17.7 Å². The molecular weight excluding hydrogens is 330 g/mol. The van der Waals surface area contributed by atoms with Crippen LogP contribution in [0.3, 0.4) is 0 Å². The summed E-state index contributed by atoms with van der Waals surface area (Å²) in [6.45, 7) is 2.70. The predicted molar refractivity (Wildman–Crippen MR) is 89.1 cm³/mol. The summed E-state index contributed by atoms with van der Waals surface area (Å²) in [4.78, 5) is 2.28. The molecule has 2 aliphatic rings. The first-order chi connectivity index (χ1) is 11.4. The van der Waals surface area contributed by atoms with Gasteiger partial charge >= 0.3 is 0 Å². The second-order valence-electron chi connectivity index (χ2n) is 6.95. The van der Waals surface area contributed by atoms with Gasteiger partial charge in [-0.3, -0.25) is 9.08 Å². The second kappa shape index (κ2) is 6.72. The van der Waals surface area contributed by atoms with Crippen LogP contribution in [0, 0.1) is 12.8 Å². The largest absolute Gasteiger partial charge is 0.396 e. The zero-order valence-corrected chi connectivity index (χ0v) is 14.7. The van der Waals surface area contributed by atoms with Gasteiger partial charge in [0.1, 0.15) is 0 Å². The van der Waals surface area contributed by atoms with Crippen molar-refractivity contribution >= 4 is 10.1 Å². The molecule has 2 heterocycles. The van der Waals surface area contributed by atoms with E-state index in [-0.39, 0.29) is 42.2 Å². The molecule has 2 aliphatic heterocycles. The van der Waals surface area contributed by atoms with E-state index in [1.54, 1.807) is 12.1 Å². The van der Waals surface area contributed by atoms with Crippen molar-refractivity contribution in [2.45, 2.75) is 42.7 Å². The SMILES string of the molecule is Cc1ccc(S(=O)(=O)OC[C@H]2[C@@H](CO)C[C@]3(CO)CCCN23)cc1. The highest BCUT2D eigenvalue weighted by Crippen LogP contribution is 2.45. The van der Waals surface area contributed by atoms with Gasteiger partial charge in [0.25, 0.3) is 10.1 Å². The Morgan fingerprint density at radius 3 is 2.62 bits per heavy atom. The van der Waals surface area contributed by atoms with E-state index in [1.165, 1.54) is 12.1 Å². The van der Waals surface area contributed by atoms with Gasteiger partial charge in [-0.05, 0) is 44.9 Å². The summed E-state index contributed by atoms with van der Waals surface area (Å²) in [7, 11) is -3.82. The molecule has 7 heteroatoms. The topological polar surface area (TPSA) is 87.1 Å². The highest BCUT2D eigenvalue weighted by atomic mass is 32.2. The van der Waals surface area contributed by atoms with E-state index in [0.717, 1.165) is 24.9 Å². The molecule has 0 aromatic heterocycles. The summed E-state index contributed by atoms with van der Waals surface area (Å²) in [6.07, 6.45) is 2.53. The molecule has 1 aromatic rings. The first kappa shape index (κ1) is 17.8.